The number of hydrogen-bond acceptors (Lipinski definition) is 8. The van der Waals surface area contributed by atoms with Crippen LogP contribution in [-0.2, 0) is 19.4 Å². The Morgan fingerprint density at radius 2 is 1.74 bits per heavy atom. The first-order valence-electron chi connectivity index (χ1n) is 15.1. The van der Waals surface area contributed by atoms with Crippen molar-refractivity contribution in [1.29, 1.82) is 5.26 Å². The van der Waals surface area contributed by atoms with Crippen LogP contribution in [0.3, 0.4) is 0 Å². The van der Waals surface area contributed by atoms with E-state index in [1.54, 1.807) is 41.2 Å². The van der Waals surface area contributed by atoms with Gasteiger partial charge >= 0.3 is 0 Å². The summed E-state index contributed by atoms with van der Waals surface area (Å²) in [5.41, 5.74) is 4.04. The SMILES string of the molecule is CCOc1ccc(-c2nn(-c3ccccc3)cc2/C=C2\C(=O)N(C3CCS(=O)(=O)C3)C(=O)C(C#N)=C2c2ccc(OC)cc2)c(C)c1. The molecule has 238 valence electrons. The zero-order valence-electron chi connectivity index (χ0n) is 26.1. The zero-order valence-corrected chi connectivity index (χ0v) is 27.0. The van der Waals surface area contributed by atoms with Gasteiger partial charge in [0.25, 0.3) is 11.8 Å². The first-order chi connectivity index (χ1) is 22.6. The smallest absolute Gasteiger partial charge is 0.272 e. The third-order valence-corrected chi connectivity index (χ3v) is 10.0. The van der Waals surface area contributed by atoms with Crippen LogP contribution in [0, 0.1) is 18.3 Å². The fourth-order valence-corrected chi connectivity index (χ4v) is 7.73. The van der Waals surface area contributed by atoms with Crippen molar-refractivity contribution in [2.24, 2.45) is 0 Å². The van der Waals surface area contributed by atoms with Crippen LogP contribution in [0.15, 0.2) is 90.1 Å². The van der Waals surface area contributed by atoms with Crippen LogP contribution in [0.5, 0.6) is 11.5 Å². The number of amides is 2. The van der Waals surface area contributed by atoms with E-state index >= 15 is 0 Å². The molecule has 1 saturated heterocycles. The summed E-state index contributed by atoms with van der Waals surface area (Å²) < 4.78 is 37.6. The van der Waals surface area contributed by atoms with Gasteiger partial charge in [-0.25, -0.2) is 13.1 Å². The Hall–Kier alpha value is -5.47. The van der Waals surface area contributed by atoms with Crippen molar-refractivity contribution >= 4 is 33.3 Å². The van der Waals surface area contributed by atoms with E-state index in [1.807, 2.05) is 68.4 Å². The summed E-state index contributed by atoms with van der Waals surface area (Å²) in [6.07, 6.45) is 3.53. The van der Waals surface area contributed by atoms with E-state index in [9.17, 15) is 23.3 Å². The number of carbonyl (C=O) groups excluding carboxylic acids is 2. The minimum absolute atomic E-state index is 0.0769. The lowest BCUT2D eigenvalue weighted by Gasteiger charge is -2.32. The second-order valence-corrected chi connectivity index (χ2v) is 13.5. The number of carbonyl (C=O) groups is 2. The molecule has 0 saturated carbocycles. The van der Waals surface area contributed by atoms with E-state index in [0.717, 1.165) is 21.7 Å². The maximum absolute atomic E-state index is 14.4. The summed E-state index contributed by atoms with van der Waals surface area (Å²) in [4.78, 5) is 29.2. The highest BCUT2D eigenvalue weighted by molar-refractivity contribution is 7.91. The van der Waals surface area contributed by atoms with Crippen LogP contribution >= 0.6 is 0 Å². The molecule has 2 aliphatic heterocycles. The third kappa shape index (κ3) is 6.07. The maximum atomic E-state index is 14.4. The largest absolute Gasteiger partial charge is 0.497 e. The van der Waals surface area contributed by atoms with E-state index in [0.29, 0.717) is 34.9 Å². The lowest BCUT2D eigenvalue weighted by Crippen LogP contribution is -2.49. The van der Waals surface area contributed by atoms with Crippen LogP contribution in [0.1, 0.15) is 30.0 Å². The van der Waals surface area contributed by atoms with Crippen LogP contribution in [0.25, 0.3) is 28.6 Å². The number of sulfone groups is 1. The Kier molecular flexibility index (Phi) is 8.54. The Bertz CT molecular complexity index is 2090. The van der Waals surface area contributed by atoms with E-state index < -0.39 is 27.7 Å². The van der Waals surface area contributed by atoms with Crippen molar-refractivity contribution in [3.05, 3.63) is 107 Å². The average molecular weight is 649 g/mol. The van der Waals surface area contributed by atoms with Crippen molar-refractivity contribution < 1.29 is 27.5 Å². The molecule has 0 aliphatic carbocycles. The molecule has 0 N–H and O–H groups in total. The molecule has 1 fully saturated rings. The van der Waals surface area contributed by atoms with Crippen LogP contribution in [0.2, 0.25) is 0 Å². The number of aryl methyl sites for hydroxylation is 1. The van der Waals surface area contributed by atoms with Gasteiger partial charge in [0.15, 0.2) is 9.84 Å². The van der Waals surface area contributed by atoms with Crippen molar-refractivity contribution in [3.8, 4) is 34.5 Å². The first-order valence-corrected chi connectivity index (χ1v) is 16.9. The summed E-state index contributed by atoms with van der Waals surface area (Å²) in [6.45, 7) is 4.37. The van der Waals surface area contributed by atoms with E-state index in [4.69, 9.17) is 14.6 Å². The molecule has 47 heavy (non-hydrogen) atoms. The van der Waals surface area contributed by atoms with Crippen molar-refractivity contribution in [3.63, 3.8) is 0 Å². The van der Waals surface area contributed by atoms with Crippen molar-refractivity contribution in [1.82, 2.24) is 14.7 Å². The summed E-state index contributed by atoms with van der Waals surface area (Å²) >= 11 is 0. The predicted octanol–water partition coefficient (Wildman–Crippen LogP) is 5.17. The maximum Gasteiger partial charge on any atom is 0.272 e. The molecule has 0 radical (unpaired) electrons. The van der Waals surface area contributed by atoms with Gasteiger partial charge in [0.1, 0.15) is 28.8 Å². The van der Waals surface area contributed by atoms with E-state index in [-0.39, 0.29) is 34.6 Å². The number of rotatable bonds is 8. The van der Waals surface area contributed by atoms with Gasteiger partial charge < -0.3 is 9.47 Å². The second kappa shape index (κ2) is 12.7. The monoisotopic (exact) mass is 648 g/mol. The van der Waals surface area contributed by atoms with E-state index in [2.05, 4.69) is 0 Å². The molecular formula is C36H32N4O6S. The number of aromatic nitrogens is 2. The standard InChI is InChI=1S/C36H32N4O6S/c1-4-46-29-14-15-30(23(2)18-29)34-25(21-39(38-34)26-8-6-5-7-9-26)19-31-33(24-10-12-28(45-3)13-11-24)32(20-37)36(42)40(35(31)41)27-16-17-47(43,44)22-27/h5-15,18-19,21,27H,4,16-17,22H2,1-3H3/b31-19-. The van der Waals surface area contributed by atoms with Crippen molar-refractivity contribution in [2.45, 2.75) is 26.3 Å². The molecule has 1 atom stereocenters. The van der Waals surface area contributed by atoms with Crippen LogP contribution in [0.4, 0.5) is 0 Å². The fourth-order valence-electron chi connectivity index (χ4n) is 6.03. The van der Waals surface area contributed by atoms with Crippen LogP contribution in [-0.4, -0.2) is 66.2 Å². The number of nitrogens with zero attached hydrogens (tertiary/aromatic N) is 4. The number of imide groups is 1. The minimum Gasteiger partial charge on any atom is -0.497 e. The zero-order chi connectivity index (χ0) is 33.3. The molecule has 1 unspecified atom stereocenters. The summed E-state index contributed by atoms with van der Waals surface area (Å²) in [5, 5.41) is 15.3. The molecule has 2 amide bonds. The predicted molar refractivity (Wildman–Crippen MR) is 177 cm³/mol. The summed E-state index contributed by atoms with van der Waals surface area (Å²) in [6, 6.07) is 23.0. The highest BCUT2D eigenvalue weighted by Gasteiger charge is 2.45. The van der Waals surface area contributed by atoms with Gasteiger partial charge in [-0.15, -0.1) is 0 Å². The third-order valence-electron chi connectivity index (χ3n) is 8.29. The lowest BCUT2D eigenvalue weighted by atomic mass is 9.86. The topological polar surface area (TPSA) is 132 Å². The molecule has 10 nitrogen and oxygen atoms in total. The fraction of sp³-hybridized carbons (Fsp3) is 0.222. The number of nitriles is 1. The van der Waals surface area contributed by atoms with Gasteiger partial charge in [0.2, 0.25) is 0 Å². The van der Waals surface area contributed by atoms with E-state index in [1.165, 1.54) is 7.11 Å². The van der Waals surface area contributed by atoms with Gasteiger partial charge in [-0.05, 0) is 79.9 Å². The number of benzene rings is 3. The molecule has 3 aromatic carbocycles. The molecule has 4 aromatic rings. The molecule has 11 heteroatoms. The van der Waals surface area contributed by atoms with Gasteiger partial charge in [-0.1, -0.05) is 30.3 Å². The number of methoxy groups -OCH3 is 1. The Labute approximate surface area is 273 Å². The normalized spacial score (nSPS) is 18.5. The molecule has 6 rings (SSSR count). The van der Waals surface area contributed by atoms with Gasteiger partial charge in [-0.2, -0.15) is 10.4 Å². The number of ether oxygens (including phenoxy) is 2. The molecule has 0 spiro atoms. The quantitative estimate of drug-likeness (QED) is 0.189. The number of para-hydroxylation sites is 1. The first kappa shape index (κ1) is 31.5. The Balaban J connectivity index is 1.60. The second-order valence-electron chi connectivity index (χ2n) is 11.3. The highest BCUT2D eigenvalue weighted by Crippen LogP contribution is 2.39. The van der Waals surface area contributed by atoms with Gasteiger partial charge in [0, 0.05) is 22.9 Å². The van der Waals surface area contributed by atoms with Crippen molar-refractivity contribution in [2.75, 3.05) is 25.2 Å². The molecule has 0 bridgehead atoms. The average Bonchev–Trinajstić information content (AvgIpc) is 3.65. The Morgan fingerprint density at radius 3 is 2.36 bits per heavy atom. The summed E-state index contributed by atoms with van der Waals surface area (Å²) in [7, 11) is -1.93. The van der Waals surface area contributed by atoms with Crippen LogP contribution < -0.4 is 9.47 Å². The molecule has 3 heterocycles. The summed E-state index contributed by atoms with van der Waals surface area (Å²) in [5.74, 6) is -0.717. The van der Waals surface area contributed by atoms with Gasteiger partial charge in [0.05, 0.1) is 42.5 Å². The Morgan fingerprint density at radius 1 is 1.02 bits per heavy atom. The van der Waals surface area contributed by atoms with Gasteiger partial charge in [-0.3, -0.25) is 14.5 Å². The highest BCUT2D eigenvalue weighted by atomic mass is 32.2. The lowest BCUT2D eigenvalue weighted by molar-refractivity contribution is -0.142. The number of hydrogen-bond donors (Lipinski definition) is 0. The molecular weight excluding hydrogens is 616 g/mol. The minimum atomic E-state index is -3.45. The molecule has 1 aromatic heterocycles. The molecule has 2 aliphatic rings.